The normalized spacial score (nSPS) is 14.6. The molecule has 0 spiro atoms. The van der Waals surface area contributed by atoms with E-state index >= 15 is 0 Å². The third kappa shape index (κ3) is 4.04. The van der Waals surface area contributed by atoms with Gasteiger partial charge in [0.2, 0.25) is 0 Å². The van der Waals surface area contributed by atoms with Gasteiger partial charge in [-0.2, -0.15) is 9.61 Å². The topological polar surface area (TPSA) is 74.7 Å². The molecule has 0 bridgehead atoms. The van der Waals surface area contributed by atoms with Gasteiger partial charge in [-0.1, -0.05) is 60.7 Å². The van der Waals surface area contributed by atoms with E-state index in [1.165, 1.54) is 0 Å². The number of aromatic nitrogens is 5. The summed E-state index contributed by atoms with van der Waals surface area (Å²) in [5, 5.41) is 14.5. The number of imidazole rings is 1. The number of β-amino-alcohol motifs (C(OH)–C–C–N with tert-alkyl or cyclic N) is 1. The Morgan fingerprint density at radius 1 is 0.889 bits per heavy atom. The van der Waals surface area contributed by atoms with E-state index in [1.54, 1.807) is 6.20 Å². The number of benzene rings is 2. The maximum Gasteiger partial charge on any atom is 0.166 e. The number of fused-ring (bicyclic) bond motifs is 1. The summed E-state index contributed by atoms with van der Waals surface area (Å²) >= 11 is 0. The summed E-state index contributed by atoms with van der Waals surface area (Å²) < 4.78 is 3.99. The molecular formula is C28H29N7O. The van der Waals surface area contributed by atoms with E-state index in [0.29, 0.717) is 6.54 Å². The predicted octanol–water partition coefficient (Wildman–Crippen LogP) is 3.58. The van der Waals surface area contributed by atoms with Gasteiger partial charge in [-0.05, 0) is 5.56 Å². The van der Waals surface area contributed by atoms with Crippen molar-refractivity contribution >= 4 is 11.5 Å². The van der Waals surface area contributed by atoms with Gasteiger partial charge in [0, 0.05) is 63.8 Å². The molecule has 5 aromatic rings. The van der Waals surface area contributed by atoms with Crippen molar-refractivity contribution in [2.75, 3.05) is 44.2 Å². The molecular weight excluding hydrogens is 450 g/mol. The van der Waals surface area contributed by atoms with Crippen molar-refractivity contribution in [3.63, 3.8) is 0 Å². The molecule has 182 valence electrons. The average Bonchev–Trinajstić information content (AvgIpc) is 3.53. The zero-order valence-electron chi connectivity index (χ0n) is 20.3. The Morgan fingerprint density at radius 3 is 2.22 bits per heavy atom. The number of rotatable bonds is 6. The summed E-state index contributed by atoms with van der Waals surface area (Å²) in [6, 6.07) is 22.8. The number of piperazine rings is 1. The Kier molecular flexibility index (Phi) is 5.96. The highest BCUT2D eigenvalue weighted by atomic mass is 16.3. The van der Waals surface area contributed by atoms with E-state index in [9.17, 15) is 5.11 Å². The lowest BCUT2D eigenvalue weighted by molar-refractivity contribution is 0.188. The summed E-state index contributed by atoms with van der Waals surface area (Å²) in [6.07, 6.45) is 3.75. The molecule has 0 aliphatic carbocycles. The van der Waals surface area contributed by atoms with Gasteiger partial charge in [-0.25, -0.2) is 9.97 Å². The largest absolute Gasteiger partial charge is 0.395 e. The molecule has 0 saturated carbocycles. The molecule has 1 N–H and O–H groups in total. The molecule has 1 aliphatic rings. The second kappa shape index (κ2) is 9.56. The fraction of sp³-hybridized carbons (Fsp3) is 0.250. The quantitative estimate of drug-likeness (QED) is 0.401. The Bertz CT molecular complexity index is 1470. The average molecular weight is 480 g/mol. The molecule has 0 amide bonds. The minimum atomic E-state index is 0.185. The Hall–Kier alpha value is -4.01. The highest BCUT2D eigenvalue weighted by molar-refractivity contribution is 5.90. The molecule has 8 heteroatoms. The molecule has 8 nitrogen and oxygen atoms in total. The number of hydrogen-bond donors (Lipinski definition) is 1. The summed E-state index contributed by atoms with van der Waals surface area (Å²) in [7, 11) is 1.99. The highest BCUT2D eigenvalue weighted by Crippen LogP contribution is 2.37. The second-order valence-electron chi connectivity index (χ2n) is 9.10. The van der Waals surface area contributed by atoms with Crippen molar-refractivity contribution in [1.82, 2.24) is 29.0 Å². The zero-order chi connectivity index (χ0) is 24.5. The molecule has 0 atom stereocenters. The maximum atomic E-state index is 9.37. The third-order valence-electron chi connectivity index (χ3n) is 6.85. The Balaban J connectivity index is 1.59. The number of aryl methyl sites for hydroxylation is 1. The third-order valence-corrected chi connectivity index (χ3v) is 6.85. The lowest BCUT2D eigenvalue weighted by Gasteiger charge is -2.35. The number of aliphatic hydroxyl groups is 1. The van der Waals surface area contributed by atoms with E-state index < -0.39 is 0 Å². The molecule has 3 aromatic heterocycles. The van der Waals surface area contributed by atoms with Crippen LogP contribution >= 0.6 is 0 Å². The zero-order valence-corrected chi connectivity index (χ0v) is 20.3. The fourth-order valence-corrected chi connectivity index (χ4v) is 4.95. The van der Waals surface area contributed by atoms with Crippen molar-refractivity contribution in [2.24, 2.45) is 7.05 Å². The smallest absolute Gasteiger partial charge is 0.166 e. The molecule has 2 aromatic carbocycles. The number of hydrogen-bond acceptors (Lipinski definition) is 6. The van der Waals surface area contributed by atoms with Crippen LogP contribution in [-0.4, -0.2) is 73.5 Å². The first-order valence-corrected chi connectivity index (χ1v) is 12.3. The van der Waals surface area contributed by atoms with Crippen molar-refractivity contribution in [3.8, 4) is 33.9 Å². The molecule has 1 saturated heterocycles. The van der Waals surface area contributed by atoms with Gasteiger partial charge < -0.3 is 14.6 Å². The summed E-state index contributed by atoms with van der Waals surface area (Å²) in [6.45, 7) is 4.38. The first kappa shape index (κ1) is 22.5. The minimum Gasteiger partial charge on any atom is -0.395 e. The molecule has 0 radical (unpaired) electrons. The number of aliphatic hydroxyl groups excluding tert-OH is 1. The van der Waals surface area contributed by atoms with Crippen LogP contribution in [-0.2, 0) is 7.05 Å². The van der Waals surface area contributed by atoms with Gasteiger partial charge in [0.05, 0.1) is 17.9 Å². The first-order valence-electron chi connectivity index (χ1n) is 12.3. The standard InChI is InChI=1S/C28H29N7O/c1-32-13-12-29-28(32)26-25(22-10-6-3-7-11-22)27-30-23(21-8-4-2-5-9-21)20-24(35(27)31-26)34-16-14-33(15-17-34)18-19-36/h2-13,20,36H,14-19H2,1H3. The van der Waals surface area contributed by atoms with Gasteiger partial charge in [0.25, 0.3) is 0 Å². The van der Waals surface area contributed by atoms with E-state index in [0.717, 1.165) is 71.5 Å². The highest BCUT2D eigenvalue weighted by Gasteiger charge is 2.26. The van der Waals surface area contributed by atoms with E-state index in [2.05, 4.69) is 45.1 Å². The van der Waals surface area contributed by atoms with E-state index in [-0.39, 0.29) is 6.61 Å². The molecule has 1 fully saturated rings. The van der Waals surface area contributed by atoms with Crippen molar-refractivity contribution in [2.45, 2.75) is 0 Å². The monoisotopic (exact) mass is 479 g/mol. The molecule has 4 heterocycles. The lowest BCUT2D eigenvalue weighted by Crippen LogP contribution is -2.47. The van der Waals surface area contributed by atoms with Gasteiger partial charge >= 0.3 is 0 Å². The van der Waals surface area contributed by atoms with Crippen LogP contribution < -0.4 is 4.90 Å². The minimum absolute atomic E-state index is 0.185. The van der Waals surface area contributed by atoms with Crippen molar-refractivity contribution in [3.05, 3.63) is 79.1 Å². The first-order chi connectivity index (χ1) is 17.7. The van der Waals surface area contributed by atoms with Crippen LogP contribution in [0.4, 0.5) is 5.82 Å². The van der Waals surface area contributed by atoms with Crippen LogP contribution in [0.3, 0.4) is 0 Å². The number of anilines is 1. The van der Waals surface area contributed by atoms with E-state index in [1.807, 2.05) is 58.7 Å². The summed E-state index contributed by atoms with van der Waals surface area (Å²) in [5.74, 6) is 1.82. The van der Waals surface area contributed by atoms with Crippen LogP contribution in [0.5, 0.6) is 0 Å². The Morgan fingerprint density at radius 2 is 1.58 bits per heavy atom. The molecule has 6 rings (SSSR count). The van der Waals surface area contributed by atoms with Gasteiger partial charge in [0.1, 0.15) is 11.5 Å². The van der Waals surface area contributed by atoms with Crippen LogP contribution in [0, 0.1) is 0 Å². The van der Waals surface area contributed by atoms with Crippen molar-refractivity contribution in [1.29, 1.82) is 0 Å². The Labute approximate surface area is 210 Å². The van der Waals surface area contributed by atoms with Crippen LogP contribution in [0.1, 0.15) is 0 Å². The van der Waals surface area contributed by atoms with E-state index in [4.69, 9.17) is 10.1 Å². The SMILES string of the molecule is Cn1ccnc1-c1nn2c(N3CCN(CCO)CC3)cc(-c3ccccc3)nc2c1-c1ccccc1. The number of nitrogens with zero attached hydrogens (tertiary/aromatic N) is 7. The molecule has 36 heavy (non-hydrogen) atoms. The van der Waals surface area contributed by atoms with Crippen LogP contribution in [0.2, 0.25) is 0 Å². The van der Waals surface area contributed by atoms with Gasteiger partial charge in [0.15, 0.2) is 11.5 Å². The van der Waals surface area contributed by atoms with Gasteiger partial charge in [-0.3, -0.25) is 4.90 Å². The molecule has 0 unspecified atom stereocenters. The van der Waals surface area contributed by atoms with Gasteiger partial charge in [-0.15, -0.1) is 0 Å². The van der Waals surface area contributed by atoms with Crippen molar-refractivity contribution < 1.29 is 5.11 Å². The summed E-state index contributed by atoms with van der Waals surface area (Å²) in [5.41, 5.74) is 5.64. The second-order valence-corrected chi connectivity index (χ2v) is 9.10. The lowest BCUT2D eigenvalue weighted by atomic mass is 10.0. The fourth-order valence-electron chi connectivity index (χ4n) is 4.95. The maximum absolute atomic E-state index is 9.37. The predicted molar refractivity (Wildman–Crippen MR) is 142 cm³/mol. The van der Waals surface area contributed by atoms with Crippen LogP contribution in [0.25, 0.3) is 39.5 Å². The molecule has 1 aliphatic heterocycles. The van der Waals surface area contributed by atoms with Crippen LogP contribution in [0.15, 0.2) is 79.1 Å². The summed E-state index contributed by atoms with van der Waals surface area (Å²) in [4.78, 5) is 14.5.